The van der Waals surface area contributed by atoms with Crippen LogP contribution in [0.15, 0.2) is 58.5 Å². The van der Waals surface area contributed by atoms with Crippen molar-refractivity contribution >= 4 is 35.2 Å². The third kappa shape index (κ3) is 8.34. The van der Waals surface area contributed by atoms with Crippen LogP contribution in [0, 0.1) is 18.3 Å². The van der Waals surface area contributed by atoms with Gasteiger partial charge in [-0.1, -0.05) is 24.3 Å². The zero-order valence-electron chi connectivity index (χ0n) is 22.3. The molecule has 1 aliphatic heterocycles. The number of esters is 1. The highest BCUT2D eigenvalue weighted by Gasteiger charge is 2.33. The first-order valence-electron chi connectivity index (χ1n) is 12.1. The third-order valence-corrected chi connectivity index (χ3v) is 6.49. The van der Waals surface area contributed by atoms with E-state index in [1.807, 2.05) is 95.0 Å². The van der Waals surface area contributed by atoms with Gasteiger partial charge in [0.2, 0.25) is 5.90 Å². The van der Waals surface area contributed by atoms with Crippen molar-refractivity contribution in [2.75, 3.05) is 24.7 Å². The van der Waals surface area contributed by atoms with E-state index in [-0.39, 0.29) is 31.6 Å². The number of nitriles is 1. The molecule has 0 radical (unpaired) electrons. The van der Waals surface area contributed by atoms with Gasteiger partial charge < -0.3 is 9.47 Å². The van der Waals surface area contributed by atoms with Crippen molar-refractivity contribution in [2.24, 2.45) is 5.10 Å². The molecule has 0 bridgehead atoms. The predicted octanol–water partition coefficient (Wildman–Crippen LogP) is 4.91. The number of anilines is 1. The molecular weight excluding hydrogens is 488 g/mol. The first-order chi connectivity index (χ1) is 17.4. The van der Waals surface area contributed by atoms with Gasteiger partial charge in [-0.3, -0.25) is 14.5 Å². The lowest BCUT2D eigenvalue weighted by atomic mass is 10.1. The molecule has 3 rings (SSSR count). The summed E-state index contributed by atoms with van der Waals surface area (Å²) in [6, 6.07) is 17.6. The van der Waals surface area contributed by atoms with Crippen LogP contribution in [0.1, 0.15) is 45.7 Å². The Kier molecular flexibility index (Phi) is 9.00. The van der Waals surface area contributed by atoms with Gasteiger partial charge in [0.25, 0.3) is 5.91 Å². The molecule has 1 amide bonds. The number of nitrogens with zero attached hydrogens (tertiary/aromatic N) is 4. The summed E-state index contributed by atoms with van der Waals surface area (Å²) in [4.78, 5) is 27.8. The second-order valence-corrected chi connectivity index (χ2v) is 12.1. The van der Waals surface area contributed by atoms with Crippen molar-refractivity contribution in [1.82, 2.24) is 4.90 Å². The first-order valence-corrected chi connectivity index (χ1v) is 12.9. The topological polar surface area (TPSA) is 95.2 Å². The van der Waals surface area contributed by atoms with Crippen LogP contribution >= 0.6 is 11.8 Å². The molecule has 0 atom stereocenters. The minimum absolute atomic E-state index is 0.105. The molecule has 8 nitrogen and oxygen atoms in total. The van der Waals surface area contributed by atoms with Gasteiger partial charge in [-0.15, -0.1) is 16.9 Å². The van der Waals surface area contributed by atoms with Gasteiger partial charge in [0.1, 0.15) is 10.3 Å². The quantitative estimate of drug-likeness (QED) is 0.262. The van der Waals surface area contributed by atoms with E-state index in [2.05, 4.69) is 11.2 Å². The molecule has 0 aromatic heterocycles. The smallest absolute Gasteiger partial charge is 0.322 e. The highest BCUT2D eigenvalue weighted by molar-refractivity contribution is 8.01. The average molecular weight is 523 g/mol. The molecule has 196 valence electrons. The Hall–Kier alpha value is -3.35. The Bertz CT molecular complexity index is 1200. The van der Waals surface area contributed by atoms with Crippen molar-refractivity contribution in [3.63, 3.8) is 0 Å². The highest BCUT2D eigenvalue weighted by atomic mass is 32.2. The number of hydrazone groups is 1. The number of amides is 1. The molecule has 0 saturated carbocycles. The molecule has 2 aromatic rings. The molecule has 1 heterocycles. The lowest BCUT2D eigenvalue weighted by molar-refractivity contribution is -0.156. The second kappa shape index (κ2) is 11.8. The summed E-state index contributed by atoms with van der Waals surface area (Å²) >= 11 is 1.44. The monoisotopic (exact) mass is 522 g/mol. The zero-order chi connectivity index (χ0) is 27.2. The number of benzene rings is 2. The molecule has 0 saturated heterocycles. The first kappa shape index (κ1) is 28.2. The Labute approximate surface area is 223 Å². The van der Waals surface area contributed by atoms with Gasteiger partial charge in [0.05, 0.1) is 24.8 Å². The van der Waals surface area contributed by atoms with E-state index in [1.165, 1.54) is 16.8 Å². The maximum atomic E-state index is 12.6. The van der Waals surface area contributed by atoms with Crippen LogP contribution in [0.25, 0.3) is 0 Å². The minimum Gasteiger partial charge on any atom is -0.469 e. The van der Waals surface area contributed by atoms with Crippen molar-refractivity contribution in [3.8, 4) is 6.07 Å². The number of hydrogen-bond donors (Lipinski definition) is 0. The molecule has 2 aromatic carbocycles. The van der Waals surface area contributed by atoms with E-state index in [9.17, 15) is 14.9 Å². The normalized spacial score (nSPS) is 14.2. The van der Waals surface area contributed by atoms with Crippen molar-refractivity contribution in [2.45, 2.75) is 63.3 Å². The van der Waals surface area contributed by atoms with Crippen LogP contribution < -0.4 is 5.01 Å². The fourth-order valence-corrected chi connectivity index (χ4v) is 4.54. The Morgan fingerprint density at radius 2 is 1.86 bits per heavy atom. The molecule has 0 N–H and O–H groups in total. The van der Waals surface area contributed by atoms with E-state index in [0.717, 1.165) is 16.0 Å². The maximum absolute atomic E-state index is 12.6. The second-order valence-electron chi connectivity index (χ2n) is 10.4. The van der Waals surface area contributed by atoms with Crippen molar-refractivity contribution in [1.29, 1.82) is 5.26 Å². The van der Waals surface area contributed by atoms with Gasteiger partial charge in [-0.2, -0.15) is 10.3 Å². The number of carbonyl (C=O) groups excluding carboxylic acids is 2. The van der Waals surface area contributed by atoms with Crippen LogP contribution in [0.5, 0.6) is 0 Å². The standard InChI is InChI=1S/C28H34N4O4S/c1-20-8-7-9-22(16-20)32-25(33)19-35-24(30-32)18-31(15-14-29)17-21-10-12-23(13-11-21)37-28(5,6)26(34)36-27(2,3)4/h7-13,16H,15,17-19H2,1-6H3. The van der Waals surface area contributed by atoms with Gasteiger partial charge in [0, 0.05) is 11.4 Å². The molecule has 1 aliphatic rings. The van der Waals surface area contributed by atoms with Crippen LogP contribution in [0.4, 0.5) is 5.69 Å². The zero-order valence-corrected chi connectivity index (χ0v) is 23.1. The molecule has 0 spiro atoms. The maximum Gasteiger partial charge on any atom is 0.322 e. The minimum atomic E-state index is -0.737. The SMILES string of the molecule is Cc1cccc(N2N=C(CN(CC#N)Cc3ccc(SC(C)(C)C(=O)OC(C)(C)C)cc3)OCC2=O)c1. The van der Waals surface area contributed by atoms with E-state index in [4.69, 9.17) is 9.47 Å². The van der Waals surface area contributed by atoms with Gasteiger partial charge >= 0.3 is 5.97 Å². The lowest BCUT2D eigenvalue weighted by Gasteiger charge is -2.28. The van der Waals surface area contributed by atoms with E-state index in [1.54, 1.807) is 0 Å². The molecule has 0 fully saturated rings. The van der Waals surface area contributed by atoms with Crippen LogP contribution in [0.3, 0.4) is 0 Å². The number of rotatable bonds is 9. The summed E-state index contributed by atoms with van der Waals surface area (Å²) in [7, 11) is 0. The van der Waals surface area contributed by atoms with Gasteiger partial charge in [-0.05, 0) is 76.9 Å². The summed E-state index contributed by atoms with van der Waals surface area (Å²) in [6.07, 6.45) is 0. The number of carbonyl (C=O) groups is 2. The summed E-state index contributed by atoms with van der Waals surface area (Å²) in [5.74, 6) is -0.132. The summed E-state index contributed by atoms with van der Waals surface area (Å²) in [5.41, 5.74) is 2.16. The largest absolute Gasteiger partial charge is 0.469 e. The van der Waals surface area contributed by atoms with Crippen molar-refractivity contribution in [3.05, 3.63) is 59.7 Å². The van der Waals surface area contributed by atoms with Crippen LogP contribution in [-0.4, -0.2) is 52.7 Å². The highest BCUT2D eigenvalue weighted by Crippen LogP contribution is 2.34. The summed E-state index contributed by atoms with van der Waals surface area (Å²) < 4.78 is 10.4. The fraction of sp³-hybridized carbons (Fsp3) is 0.429. The van der Waals surface area contributed by atoms with Gasteiger partial charge in [-0.25, -0.2) is 0 Å². The van der Waals surface area contributed by atoms with E-state index >= 15 is 0 Å². The molecular formula is C28H34N4O4S. The molecule has 0 unspecified atom stereocenters. The predicted molar refractivity (Wildman–Crippen MR) is 145 cm³/mol. The van der Waals surface area contributed by atoms with Crippen LogP contribution in [-0.2, 0) is 25.6 Å². The van der Waals surface area contributed by atoms with E-state index < -0.39 is 10.3 Å². The average Bonchev–Trinajstić information content (AvgIpc) is 2.80. The van der Waals surface area contributed by atoms with E-state index in [0.29, 0.717) is 18.1 Å². The molecule has 9 heteroatoms. The Morgan fingerprint density at radius 3 is 2.49 bits per heavy atom. The Morgan fingerprint density at radius 1 is 1.16 bits per heavy atom. The third-order valence-electron chi connectivity index (χ3n) is 5.30. The number of aryl methyl sites for hydroxylation is 1. The van der Waals surface area contributed by atoms with Crippen LogP contribution in [0.2, 0.25) is 0 Å². The van der Waals surface area contributed by atoms with Gasteiger partial charge in [0.15, 0.2) is 6.61 Å². The molecule has 37 heavy (non-hydrogen) atoms. The fourth-order valence-electron chi connectivity index (χ4n) is 3.56. The number of ether oxygens (including phenoxy) is 2. The Balaban J connectivity index is 1.67. The summed E-state index contributed by atoms with van der Waals surface area (Å²) in [6.45, 7) is 12.1. The summed E-state index contributed by atoms with van der Waals surface area (Å²) in [5, 5.41) is 15.1. The molecule has 0 aliphatic carbocycles. The number of thioether (sulfide) groups is 1. The lowest BCUT2D eigenvalue weighted by Crippen LogP contribution is -2.41. The number of hydrogen-bond acceptors (Lipinski definition) is 8. The van der Waals surface area contributed by atoms with Crippen molar-refractivity contribution < 1.29 is 19.1 Å².